The van der Waals surface area contributed by atoms with Crippen LogP contribution in [0.5, 0.6) is 0 Å². The molecule has 208 valence electrons. The monoisotopic (exact) mass is 546 g/mol. The molecule has 3 aromatic rings. The van der Waals surface area contributed by atoms with Crippen molar-refractivity contribution in [2.45, 2.75) is 70.3 Å². The van der Waals surface area contributed by atoms with Crippen LogP contribution in [0.25, 0.3) is 11.1 Å². The lowest BCUT2D eigenvalue weighted by molar-refractivity contribution is -0.00181. The van der Waals surface area contributed by atoms with Gasteiger partial charge in [-0.3, -0.25) is 0 Å². The average Bonchev–Trinajstić information content (AvgIpc) is 2.94. The predicted molar refractivity (Wildman–Crippen MR) is 141 cm³/mol. The molecule has 4 rings (SSSR count). The number of rotatable bonds is 10. The number of hydrogen-bond acceptors (Lipinski definition) is 1. The maximum atomic E-state index is 15.1. The summed E-state index contributed by atoms with van der Waals surface area (Å²) in [5.41, 5.74) is -0.461. The summed E-state index contributed by atoms with van der Waals surface area (Å²) in [4.78, 5) is 0. The Hall–Kier alpha value is -3.06. The van der Waals surface area contributed by atoms with Crippen LogP contribution in [-0.2, 0) is 24.0 Å². The molecule has 0 amide bonds. The molecule has 2 unspecified atom stereocenters. The van der Waals surface area contributed by atoms with Crippen molar-refractivity contribution in [2.24, 2.45) is 0 Å². The Kier molecular flexibility index (Phi) is 9.54. The van der Waals surface area contributed by atoms with Gasteiger partial charge >= 0.3 is 0 Å². The molecule has 0 spiro atoms. The molecule has 1 fully saturated rings. The second-order valence-corrected chi connectivity index (χ2v) is 10.1. The molecule has 2 atom stereocenters. The normalized spacial score (nSPS) is 17.4. The first-order valence-corrected chi connectivity index (χ1v) is 13.4. The minimum Gasteiger partial charge on any atom is -0.378 e. The predicted octanol–water partition coefficient (Wildman–Crippen LogP) is 9.15. The number of ether oxygens (including phenoxy) is 1. The Morgan fingerprint density at radius 1 is 0.718 bits per heavy atom. The van der Waals surface area contributed by atoms with Gasteiger partial charge in [0.25, 0.3) is 0 Å². The van der Waals surface area contributed by atoms with Crippen molar-refractivity contribution in [1.82, 2.24) is 0 Å². The van der Waals surface area contributed by atoms with Crippen molar-refractivity contribution in [3.8, 4) is 11.1 Å². The maximum Gasteiger partial charge on any atom is 0.167 e. The van der Waals surface area contributed by atoms with E-state index in [4.69, 9.17) is 4.74 Å². The summed E-state index contributed by atoms with van der Waals surface area (Å²) in [6.45, 7) is 5.90. The molecule has 1 heterocycles. The van der Waals surface area contributed by atoms with Crippen molar-refractivity contribution in [3.05, 3.63) is 106 Å². The zero-order chi connectivity index (χ0) is 28.1. The third-order valence-electron chi connectivity index (χ3n) is 7.51. The Bertz CT molecular complexity index is 1330. The van der Waals surface area contributed by atoms with Gasteiger partial charge in [-0.2, -0.15) is 0 Å². The van der Waals surface area contributed by atoms with Gasteiger partial charge in [0.05, 0.1) is 12.7 Å². The summed E-state index contributed by atoms with van der Waals surface area (Å²) in [6.07, 6.45) is 5.64. The smallest absolute Gasteiger partial charge is 0.167 e. The van der Waals surface area contributed by atoms with E-state index >= 15 is 13.2 Å². The van der Waals surface area contributed by atoms with E-state index in [0.717, 1.165) is 19.3 Å². The van der Waals surface area contributed by atoms with Crippen LogP contribution in [0.3, 0.4) is 0 Å². The lowest BCUT2D eigenvalue weighted by atomic mass is 9.88. The highest BCUT2D eigenvalue weighted by molar-refractivity contribution is 5.66. The largest absolute Gasteiger partial charge is 0.378 e. The van der Waals surface area contributed by atoms with Crippen molar-refractivity contribution in [2.75, 3.05) is 6.61 Å². The van der Waals surface area contributed by atoms with Crippen molar-refractivity contribution in [1.29, 1.82) is 0 Å². The summed E-state index contributed by atoms with van der Waals surface area (Å²) in [5.74, 6) is -7.19. The minimum absolute atomic E-state index is 0.0372. The van der Waals surface area contributed by atoms with Crippen LogP contribution in [0.4, 0.5) is 26.3 Å². The summed E-state index contributed by atoms with van der Waals surface area (Å²) < 4.78 is 94.8. The second kappa shape index (κ2) is 12.9. The molecule has 7 heteroatoms. The van der Waals surface area contributed by atoms with Gasteiger partial charge in [0.2, 0.25) is 0 Å². The maximum absolute atomic E-state index is 15.1. The zero-order valence-corrected chi connectivity index (χ0v) is 21.9. The summed E-state index contributed by atoms with van der Waals surface area (Å²) >= 11 is 0. The molecular formula is C32H32F6O. The fourth-order valence-corrected chi connectivity index (χ4v) is 5.22. The molecule has 1 aliphatic heterocycles. The molecule has 39 heavy (non-hydrogen) atoms. The number of aryl methyl sites for hydroxylation is 3. The Balaban J connectivity index is 1.51. The lowest BCUT2D eigenvalue weighted by Gasteiger charge is -2.29. The van der Waals surface area contributed by atoms with E-state index in [2.05, 4.69) is 13.5 Å². The molecule has 1 nitrogen and oxygen atoms in total. The summed E-state index contributed by atoms with van der Waals surface area (Å²) in [6, 6.07) is 8.01. The fraction of sp³-hybridized carbons (Fsp3) is 0.375. The molecule has 1 aliphatic rings. The molecule has 0 bridgehead atoms. The third kappa shape index (κ3) is 6.24. The van der Waals surface area contributed by atoms with Gasteiger partial charge < -0.3 is 4.74 Å². The van der Waals surface area contributed by atoms with Gasteiger partial charge in [-0.15, -0.1) is 6.58 Å². The van der Waals surface area contributed by atoms with E-state index in [1.54, 1.807) is 6.08 Å². The van der Waals surface area contributed by atoms with E-state index in [1.807, 2.05) is 0 Å². The van der Waals surface area contributed by atoms with E-state index in [0.29, 0.717) is 19.3 Å². The first-order valence-electron chi connectivity index (χ1n) is 13.4. The highest BCUT2D eigenvalue weighted by atomic mass is 19.2. The van der Waals surface area contributed by atoms with Crippen molar-refractivity contribution < 1.29 is 31.1 Å². The number of benzene rings is 3. The van der Waals surface area contributed by atoms with Crippen LogP contribution in [-0.4, -0.2) is 12.7 Å². The number of allylic oxidation sites excluding steroid dienone is 1. The first kappa shape index (κ1) is 28.9. The van der Waals surface area contributed by atoms with Crippen LogP contribution in [0.15, 0.2) is 49.1 Å². The van der Waals surface area contributed by atoms with Gasteiger partial charge in [0.15, 0.2) is 34.9 Å². The Labute approximate surface area is 225 Å². The van der Waals surface area contributed by atoms with Crippen LogP contribution in [0, 0.1) is 34.9 Å². The Morgan fingerprint density at radius 2 is 1.26 bits per heavy atom. The summed E-state index contributed by atoms with van der Waals surface area (Å²) in [5, 5.41) is 0. The highest BCUT2D eigenvalue weighted by Crippen LogP contribution is 2.36. The van der Waals surface area contributed by atoms with Gasteiger partial charge in [0.1, 0.15) is 0 Å². The molecule has 0 aromatic heterocycles. The van der Waals surface area contributed by atoms with Gasteiger partial charge in [0, 0.05) is 17.0 Å². The molecule has 0 aliphatic carbocycles. The van der Waals surface area contributed by atoms with Gasteiger partial charge in [-0.25, -0.2) is 26.3 Å². The topological polar surface area (TPSA) is 9.23 Å². The average molecular weight is 547 g/mol. The quantitative estimate of drug-likeness (QED) is 0.182. The molecule has 0 N–H and O–H groups in total. The van der Waals surface area contributed by atoms with Crippen LogP contribution in [0.2, 0.25) is 0 Å². The fourth-order valence-electron chi connectivity index (χ4n) is 5.22. The SMILES string of the molecule is C=CCCc1ccc(CCc2ccc(-c3ccc(C4CCC(CCC)OC4)c(F)c3F)c(F)c2F)c(F)c1F. The standard InChI is InChI=1S/C32H32F6O/c1-3-5-7-19-8-9-20(28(34)27(19)33)10-11-21-13-15-25(31(37)29(21)35)26-17-16-24(30(36)32(26)38)22-12-14-23(6-4-2)39-18-22/h3,8-9,13,15-17,22-23H,1,4-7,10-12,14,18H2,2H3. The Morgan fingerprint density at radius 3 is 1.82 bits per heavy atom. The van der Waals surface area contributed by atoms with E-state index < -0.39 is 40.5 Å². The van der Waals surface area contributed by atoms with Crippen LogP contribution >= 0.6 is 0 Å². The third-order valence-corrected chi connectivity index (χ3v) is 7.51. The van der Waals surface area contributed by atoms with Gasteiger partial charge in [-0.1, -0.05) is 55.8 Å². The molecule has 0 saturated carbocycles. The molecular weight excluding hydrogens is 514 g/mol. The van der Waals surface area contributed by atoms with Crippen molar-refractivity contribution in [3.63, 3.8) is 0 Å². The number of hydrogen-bond donors (Lipinski definition) is 0. The molecule has 3 aromatic carbocycles. The van der Waals surface area contributed by atoms with Gasteiger partial charge in [-0.05, 0) is 67.2 Å². The number of halogens is 6. The first-order chi connectivity index (χ1) is 18.8. The van der Waals surface area contributed by atoms with E-state index in [9.17, 15) is 13.2 Å². The minimum atomic E-state index is -1.33. The van der Waals surface area contributed by atoms with E-state index in [1.165, 1.54) is 36.4 Å². The summed E-state index contributed by atoms with van der Waals surface area (Å²) in [7, 11) is 0. The molecule has 1 saturated heterocycles. The lowest BCUT2D eigenvalue weighted by Crippen LogP contribution is -2.25. The van der Waals surface area contributed by atoms with Crippen LogP contribution in [0.1, 0.15) is 67.2 Å². The highest BCUT2D eigenvalue weighted by Gasteiger charge is 2.28. The van der Waals surface area contributed by atoms with E-state index in [-0.39, 0.29) is 59.3 Å². The van der Waals surface area contributed by atoms with Crippen LogP contribution < -0.4 is 0 Å². The van der Waals surface area contributed by atoms with Crippen molar-refractivity contribution >= 4 is 0 Å². The second-order valence-electron chi connectivity index (χ2n) is 10.1. The molecule has 0 radical (unpaired) electrons. The zero-order valence-electron chi connectivity index (χ0n) is 21.9.